The number of hydrogen-bond acceptors (Lipinski definition) is 6. The van der Waals surface area contributed by atoms with Crippen molar-refractivity contribution in [1.82, 2.24) is 25.1 Å². The molecule has 3 aromatic heterocycles. The van der Waals surface area contributed by atoms with Crippen molar-refractivity contribution in [2.75, 3.05) is 7.11 Å². The Balaban J connectivity index is 1.68. The zero-order valence-electron chi connectivity index (χ0n) is 11.3. The Labute approximate surface area is 124 Å². The molecule has 0 aliphatic rings. The molecule has 3 heterocycles. The molecule has 8 heteroatoms. The summed E-state index contributed by atoms with van der Waals surface area (Å²) in [5, 5.41) is 17.0. The normalized spacial score (nSPS) is 10.7. The molecule has 1 amide bonds. The molecule has 1 N–H and O–H groups in total. The second kappa shape index (κ2) is 5.88. The molecule has 0 fully saturated rings. The van der Waals surface area contributed by atoms with Crippen LogP contribution in [0.4, 0.5) is 0 Å². The lowest BCUT2D eigenvalue weighted by atomic mass is 10.3. The lowest BCUT2D eigenvalue weighted by molar-refractivity contribution is -0.120. The van der Waals surface area contributed by atoms with Gasteiger partial charge in [-0.15, -0.1) is 26.6 Å². The highest BCUT2D eigenvalue weighted by Gasteiger charge is 2.10. The van der Waals surface area contributed by atoms with Crippen LogP contribution in [0.15, 0.2) is 29.6 Å². The van der Waals surface area contributed by atoms with E-state index in [2.05, 4.69) is 20.6 Å². The Morgan fingerprint density at radius 2 is 2.29 bits per heavy atom. The van der Waals surface area contributed by atoms with Crippen LogP contribution in [0.2, 0.25) is 0 Å². The Morgan fingerprint density at radius 3 is 3.05 bits per heavy atom. The van der Waals surface area contributed by atoms with Gasteiger partial charge in [-0.25, -0.2) is 0 Å². The predicted octanol–water partition coefficient (Wildman–Crippen LogP) is 1.05. The van der Waals surface area contributed by atoms with Crippen LogP contribution in [0, 0.1) is 0 Å². The van der Waals surface area contributed by atoms with Gasteiger partial charge in [0.25, 0.3) is 0 Å². The third-order valence-electron chi connectivity index (χ3n) is 2.87. The number of carbonyl (C=O) groups excluding carboxylic acids is 1. The first kappa shape index (κ1) is 13.5. The van der Waals surface area contributed by atoms with Crippen molar-refractivity contribution < 1.29 is 9.53 Å². The predicted molar refractivity (Wildman–Crippen MR) is 77.2 cm³/mol. The van der Waals surface area contributed by atoms with Gasteiger partial charge < -0.3 is 10.1 Å². The van der Waals surface area contributed by atoms with Gasteiger partial charge in [-0.1, -0.05) is 6.07 Å². The van der Waals surface area contributed by atoms with E-state index in [0.717, 1.165) is 4.88 Å². The number of amides is 1. The fourth-order valence-corrected chi connectivity index (χ4v) is 2.55. The minimum Gasteiger partial charge on any atom is -0.480 e. The molecule has 3 rings (SSSR count). The molecule has 0 aromatic carbocycles. The third-order valence-corrected chi connectivity index (χ3v) is 3.75. The summed E-state index contributed by atoms with van der Waals surface area (Å²) in [6.45, 7) is 0.269. The summed E-state index contributed by atoms with van der Waals surface area (Å²) in [5.74, 6) is 0.967. The number of carbonyl (C=O) groups is 1. The Hall–Kier alpha value is -2.48. The zero-order chi connectivity index (χ0) is 14.7. The van der Waals surface area contributed by atoms with E-state index >= 15 is 0 Å². The first-order chi connectivity index (χ1) is 10.3. The largest absolute Gasteiger partial charge is 0.480 e. The number of thiophene rings is 1. The Kier molecular flexibility index (Phi) is 3.78. The van der Waals surface area contributed by atoms with E-state index in [0.29, 0.717) is 23.8 Å². The number of ether oxygens (including phenoxy) is 1. The van der Waals surface area contributed by atoms with Crippen molar-refractivity contribution >= 4 is 22.9 Å². The van der Waals surface area contributed by atoms with Crippen molar-refractivity contribution in [2.24, 2.45) is 0 Å². The van der Waals surface area contributed by atoms with Gasteiger partial charge in [-0.05, 0) is 17.5 Å². The van der Waals surface area contributed by atoms with Gasteiger partial charge in [-0.3, -0.25) is 4.79 Å². The molecule has 0 unspecified atom stereocenters. The van der Waals surface area contributed by atoms with E-state index in [-0.39, 0.29) is 12.5 Å². The maximum atomic E-state index is 11.9. The third kappa shape index (κ3) is 3.00. The van der Waals surface area contributed by atoms with Crippen LogP contribution >= 0.6 is 11.3 Å². The molecule has 0 spiro atoms. The first-order valence-corrected chi connectivity index (χ1v) is 7.18. The standard InChI is InChI=1S/C13H13N5O2S/c1-20-13-5-4-10-15-16-11(18(10)17-13)8-14-12(19)7-9-3-2-6-21-9/h2-6H,7-8H2,1H3,(H,14,19). The highest BCUT2D eigenvalue weighted by atomic mass is 32.1. The van der Waals surface area contributed by atoms with Gasteiger partial charge in [0.1, 0.15) is 0 Å². The molecule has 0 saturated carbocycles. The summed E-state index contributed by atoms with van der Waals surface area (Å²) < 4.78 is 6.63. The minimum atomic E-state index is -0.0582. The summed E-state index contributed by atoms with van der Waals surface area (Å²) in [4.78, 5) is 12.9. The second-order valence-electron chi connectivity index (χ2n) is 4.29. The van der Waals surface area contributed by atoms with Gasteiger partial charge >= 0.3 is 0 Å². The quantitative estimate of drug-likeness (QED) is 0.762. The van der Waals surface area contributed by atoms with Crippen molar-refractivity contribution in [2.45, 2.75) is 13.0 Å². The zero-order valence-corrected chi connectivity index (χ0v) is 12.1. The monoisotopic (exact) mass is 303 g/mol. The lowest BCUT2D eigenvalue weighted by Gasteiger charge is -2.03. The number of methoxy groups -OCH3 is 1. The average molecular weight is 303 g/mol. The molecular weight excluding hydrogens is 290 g/mol. The van der Waals surface area contributed by atoms with Crippen LogP contribution in [-0.4, -0.2) is 32.8 Å². The number of nitrogens with one attached hydrogen (secondary N) is 1. The summed E-state index contributed by atoms with van der Waals surface area (Å²) in [6, 6.07) is 7.33. The summed E-state index contributed by atoms with van der Waals surface area (Å²) in [5.41, 5.74) is 0.610. The van der Waals surface area contributed by atoms with Crippen LogP contribution in [0.25, 0.3) is 5.65 Å². The number of nitrogens with zero attached hydrogens (tertiary/aromatic N) is 4. The Morgan fingerprint density at radius 1 is 1.38 bits per heavy atom. The van der Waals surface area contributed by atoms with Crippen LogP contribution < -0.4 is 10.1 Å². The fourth-order valence-electron chi connectivity index (χ4n) is 1.85. The molecule has 0 radical (unpaired) electrons. The van der Waals surface area contributed by atoms with Crippen molar-refractivity contribution in [3.05, 3.63) is 40.3 Å². The molecule has 7 nitrogen and oxygen atoms in total. The second-order valence-corrected chi connectivity index (χ2v) is 5.33. The molecule has 0 bridgehead atoms. The molecule has 0 saturated heterocycles. The number of fused-ring (bicyclic) bond motifs is 1. The number of rotatable bonds is 5. The van der Waals surface area contributed by atoms with Gasteiger partial charge in [0.2, 0.25) is 11.8 Å². The van der Waals surface area contributed by atoms with Crippen LogP contribution in [0.5, 0.6) is 5.88 Å². The van der Waals surface area contributed by atoms with E-state index in [9.17, 15) is 4.79 Å². The topological polar surface area (TPSA) is 81.4 Å². The molecule has 3 aromatic rings. The lowest BCUT2D eigenvalue weighted by Crippen LogP contribution is -2.25. The van der Waals surface area contributed by atoms with E-state index in [1.807, 2.05) is 17.5 Å². The maximum Gasteiger partial charge on any atom is 0.231 e. The summed E-state index contributed by atoms with van der Waals surface area (Å²) >= 11 is 1.56. The average Bonchev–Trinajstić information content (AvgIpc) is 3.14. The molecule has 0 aliphatic carbocycles. The van der Waals surface area contributed by atoms with Gasteiger partial charge in [0.15, 0.2) is 11.5 Å². The van der Waals surface area contributed by atoms with Crippen LogP contribution in [0.3, 0.4) is 0 Å². The SMILES string of the molecule is COc1ccc2nnc(CNC(=O)Cc3cccs3)n2n1. The van der Waals surface area contributed by atoms with Gasteiger partial charge in [0, 0.05) is 10.9 Å². The smallest absolute Gasteiger partial charge is 0.231 e. The van der Waals surface area contributed by atoms with Crippen molar-refractivity contribution in [3.8, 4) is 5.88 Å². The van der Waals surface area contributed by atoms with Crippen LogP contribution in [0.1, 0.15) is 10.7 Å². The van der Waals surface area contributed by atoms with E-state index in [1.54, 1.807) is 35.1 Å². The molecule has 0 atom stereocenters. The fraction of sp³-hybridized carbons (Fsp3) is 0.231. The molecular formula is C13H13N5O2S. The van der Waals surface area contributed by atoms with Gasteiger partial charge in [0.05, 0.1) is 20.1 Å². The van der Waals surface area contributed by atoms with E-state index < -0.39 is 0 Å². The van der Waals surface area contributed by atoms with E-state index in [4.69, 9.17) is 4.74 Å². The molecule has 0 aliphatic heterocycles. The van der Waals surface area contributed by atoms with Crippen LogP contribution in [-0.2, 0) is 17.8 Å². The molecule has 108 valence electrons. The molecule has 21 heavy (non-hydrogen) atoms. The highest BCUT2D eigenvalue weighted by Crippen LogP contribution is 2.10. The summed E-state index contributed by atoms with van der Waals surface area (Å²) in [7, 11) is 1.54. The van der Waals surface area contributed by atoms with Crippen molar-refractivity contribution in [3.63, 3.8) is 0 Å². The number of aromatic nitrogens is 4. The Bertz CT molecular complexity index is 753. The highest BCUT2D eigenvalue weighted by molar-refractivity contribution is 7.10. The minimum absolute atomic E-state index is 0.0582. The van der Waals surface area contributed by atoms with Crippen molar-refractivity contribution in [1.29, 1.82) is 0 Å². The maximum absolute atomic E-state index is 11.9. The number of hydrogen-bond donors (Lipinski definition) is 1. The first-order valence-electron chi connectivity index (χ1n) is 6.30. The summed E-state index contributed by atoms with van der Waals surface area (Å²) in [6.07, 6.45) is 0.366. The van der Waals surface area contributed by atoms with Gasteiger partial charge in [-0.2, -0.15) is 4.52 Å². The van der Waals surface area contributed by atoms with E-state index in [1.165, 1.54) is 0 Å².